The van der Waals surface area contributed by atoms with Crippen molar-refractivity contribution in [3.8, 4) is 0 Å². The van der Waals surface area contributed by atoms with Crippen LogP contribution in [-0.2, 0) is 11.2 Å². The first-order valence-corrected chi connectivity index (χ1v) is 12.9. The molecule has 182 valence electrons. The van der Waals surface area contributed by atoms with Gasteiger partial charge >= 0.3 is 0 Å². The van der Waals surface area contributed by atoms with E-state index in [1.54, 1.807) is 6.07 Å². The Morgan fingerprint density at radius 2 is 1.80 bits per heavy atom. The van der Waals surface area contributed by atoms with E-state index >= 15 is 0 Å². The molecule has 5 atom stereocenters. The normalized spacial score (nSPS) is 27.9. The predicted octanol–water partition coefficient (Wildman–Crippen LogP) is 4.57. The van der Waals surface area contributed by atoms with Crippen molar-refractivity contribution in [2.24, 2.45) is 5.92 Å². The van der Waals surface area contributed by atoms with Crippen LogP contribution in [0.5, 0.6) is 0 Å². The fourth-order valence-corrected chi connectivity index (χ4v) is 6.09. The van der Waals surface area contributed by atoms with E-state index in [4.69, 9.17) is 11.6 Å². The minimum absolute atomic E-state index is 0.106. The number of aliphatic hydroxyl groups is 1. The Hall–Kier alpha value is -2.89. The highest BCUT2D eigenvalue weighted by Crippen LogP contribution is 2.43. The zero-order valence-corrected chi connectivity index (χ0v) is 20.4. The summed E-state index contributed by atoms with van der Waals surface area (Å²) in [7, 11) is 0. The number of halogens is 1. The smallest absolute Gasteiger partial charge is 0.254 e. The molecule has 2 aromatic carbocycles. The number of hydrogen-bond donors (Lipinski definition) is 2. The highest BCUT2D eigenvalue weighted by molar-refractivity contribution is 6.31. The number of allylic oxidation sites excluding steroid dienone is 2. The monoisotopic (exact) mass is 490 g/mol. The van der Waals surface area contributed by atoms with Crippen LogP contribution in [0.15, 0.2) is 77.9 Å². The van der Waals surface area contributed by atoms with Gasteiger partial charge in [-0.3, -0.25) is 9.59 Å². The van der Waals surface area contributed by atoms with Crippen molar-refractivity contribution in [3.63, 3.8) is 0 Å². The molecule has 0 radical (unpaired) electrons. The van der Waals surface area contributed by atoms with Crippen LogP contribution in [0.2, 0.25) is 0 Å². The van der Waals surface area contributed by atoms with E-state index in [1.165, 1.54) is 0 Å². The number of carbonyl (C=O) groups is 2. The Labute approximate surface area is 211 Å². The van der Waals surface area contributed by atoms with Crippen molar-refractivity contribution < 1.29 is 14.7 Å². The molecule has 0 spiro atoms. The summed E-state index contributed by atoms with van der Waals surface area (Å²) in [5, 5.41) is 14.7. The molecule has 3 aliphatic rings. The Kier molecular flexibility index (Phi) is 7.07. The molecule has 0 aromatic heterocycles. The third-order valence-electron chi connectivity index (χ3n) is 7.54. The van der Waals surface area contributed by atoms with Crippen LogP contribution in [0.25, 0.3) is 0 Å². The van der Waals surface area contributed by atoms with E-state index in [2.05, 4.69) is 5.32 Å². The van der Waals surface area contributed by atoms with Crippen molar-refractivity contribution >= 4 is 23.4 Å². The average Bonchev–Trinajstić information content (AvgIpc) is 3.31. The molecule has 5 nitrogen and oxygen atoms in total. The molecule has 2 amide bonds. The molecule has 2 N–H and O–H groups in total. The number of fused-ring (bicyclic) bond motifs is 1. The summed E-state index contributed by atoms with van der Waals surface area (Å²) in [4.78, 5) is 29.5. The van der Waals surface area contributed by atoms with Gasteiger partial charge in [0.15, 0.2) is 0 Å². The second kappa shape index (κ2) is 10.4. The molecule has 5 rings (SSSR count). The topological polar surface area (TPSA) is 69.6 Å². The fourth-order valence-electron chi connectivity index (χ4n) is 5.87. The minimum Gasteiger partial charge on any atom is -0.391 e. The van der Waals surface area contributed by atoms with E-state index in [9.17, 15) is 14.7 Å². The van der Waals surface area contributed by atoms with Gasteiger partial charge in [-0.05, 0) is 42.5 Å². The maximum Gasteiger partial charge on any atom is 0.254 e. The number of benzene rings is 2. The molecule has 6 heteroatoms. The fraction of sp³-hybridized carbons (Fsp3) is 0.379. The van der Waals surface area contributed by atoms with E-state index in [0.717, 1.165) is 36.8 Å². The number of carbonyl (C=O) groups excluding carboxylic acids is 2. The lowest BCUT2D eigenvalue weighted by molar-refractivity contribution is -0.125. The van der Waals surface area contributed by atoms with Gasteiger partial charge in [-0.25, -0.2) is 0 Å². The maximum atomic E-state index is 13.9. The summed E-state index contributed by atoms with van der Waals surface area (Å²) in [5.41, 5.74) is 2.44. The van der Waals surface area contributed by atoms with Gasteiger partial charge in [0.25, 0.3) is 5.91 Å². The van der Waals surface area contributed by atoms with Gasteiger partial charge in [0, 0.05) is 23.1 Å². The van der Waals surface area contributed by atoms with E-state index in [1.807, 2.05) is 71.7 Å². The van der Waals surface area contributed by atoms with Crippen molar-refractivity contribution in [1.82, 2.24) is 10.2 Å². The first-order valence-electron chi connectivity index (χ1n) is 12.5. The second-order valence-corrected chi connectivity index (χ2v) is 10.1. The van der Waals surface area contributed by atoms with Crippen molar-refractivity contribution in [1.29, 1.82) is 0 Å². The summed E-state index contributed by atoms with van der Waals surface area (Å²) in [6.45, 7) is 0.505. The first kappa shape index (κ1) is 23.8. The molecule has 1 aliphatic heterocycles. The lowest BCUT2D eigenvalue weighted by Crippen LogP contribution is -2.61. The van der Waals surface area contributed by atoms with Gasteiger partial charge in [0.1, 0.15) is 0 Å². The largest absolute Gasteiger partial charge is 0.391 e. The maximum absolute atomic E-state index is 13.9. The summed E-state index contributed by atoms with van der Waals surface area (Å²) in [6, 6.07) is 16.7. The molecule has 5 unspecified atom stereocenters. The number of aliphatic hydroxyl groups excluding tert-OH is 1. The van der Waals surface area contributed by atoms with Crippen molar-refractivity contribution in [3.05, 3.63) is 94.5 Å². The quantitative estimate of drug-likeness (QED) is 0.623. The first-order chi connectivity index (χ1) is 17.0. The van der Waals surface area contributed by atoms with E-state index in [0.29, 0.717) is 23.6 Å². The van der Waals surface area contributed by atoms with Gasteiger partial charge < -0.3 is 15.3 Å². The standard InChI is InChI=1S/C29H31ClN2O3/c30-21-15-14-20(18-21)27-26(28(34)31-17-16-19-8-2-1-3-9-19)22-10-4-5-11-23(22)29(35)32(27)24-12-6-7-13-25(24)33/h1-5,8-11,14-15,18,20,24-27,33H,6-7,12-13,16-17H2,(H,31,34). The second-order valence-electron chi connectivity index (χ2n) is 9.70. The lowest BCUT2D eigenvalue weighted by atomic mass is 9.75. The summed E-state index contributed by atoms with van der Waals surface area (Å²) >= 11 is 6.32. The third-order valence-corrected chi connectivity index (χ3v) is 7.79. The summed E-state index contributed by atoms with van der Waals surface area (Å²) in [6.07, 6.45) is 9.12. The molecule has 0 bridgehead atoms. The number of nitrogens with one attached hydrogen (secondary N) is 1. The number of rotatable bonds is 6. The van der Waals surface area contributed by atoms with Crippen LogP contribution in [-0.4, -0.2) is 46.6 Å². The number of nitrogens with zero attached hydrogens (tertiary/aromatic N) is 1. The summed E-state index contributed by atoms with van der Waals surface area (Å²) in [5.74, 6) is -0.998. The Morgan fingerprint density at radius 1 is 1.06 bits per heavy atom. The summed E-state index contributed by atoms with van der Waals surface area (Å²) < 4.78 is 0. The van der Waals surface area contributed by atoms with Gasteiger partial charge in [-0.2, -0.15) is 0 Å². The Bertz CT molecular complexity index is 1150. The Morgan fingerprint density at radius 3 is 2.54 bits per heavy atom. The zero-order chi connectivity index (χ0) is 24.4. The number of hydrogen-bond acceptors (Lipinski definition) is 3. The Balaban J connectivity index is 1.51. The van der Waals surface area contributed by atoms with Crippen molar-refractivity contribution in [2.45, 2.75) is 56.2 Å². The van der Waals surface area contributed by atoms with Gasteiger partial charge in [0.05, 0.1) is 24.1 Å². The molecule has 2 aromatic rings. The SMILES string of the molecule is O=C(NCCc1ccccc1)C1c2ccccc2C(=O)N(C2CCCCC2O)C1C1C=CC(Cl)=C1. The molecule has 0 saturated heterocycles. The van der Waals surface area contributed by atoms with Crippen LogP contribution in [0.4, 0.5) is 0 Å². The van der Waals surface area contributed by atoms with Gasteiger partial charge in [0.2, 0.25) is 5.91 Å². The molecule has 2 aliphatic carbocycles. The van der Waals surface area contributed by atoms with Crippen LogP contribution in [0, 0.1) is 5.92 Å². The van der Waals surface area contributed by atoms with Crippen LogP contribution in [0.3, 0.4) is 0 Å². The molecule has 1 saturated carbocycles. The van der Waals surface area contributed by atoms with E-state index in [-0.39, 0.29) is 23.8 Å². The van der Waals surface area contributed by atoms with E-state index < -0.39 is 18.1 Å². The van der Waals surface area contributed by atoms with Gasteiger partial charge in [-0.15, -0.1) is 0 Å². The molecule has 1 heterocycles. The molecule has 35 heavy (non-hydrogen) atoms. The van der Waals surface area contributed by atoms with Crippen LogP contribution in [0.1, 0.15) is 53.1 Å². The zero-order valence-electron chi connectivity index (χ0n) is 19.6. The van der Waals surface area contributed by atoms with Crippen LogP contribution >= 0.6 is 11.6 Å². The third kappa shape index (κ3) is 4.80. The molecule has 1 fully saturated rings. The number of amides is 2. The highest BCUT2D eigenvalue weighted by atomic mass is 35.5. The highest BCUT2D eigenvalue weighted by Gasteiger charge is 2.49. The molecular formula is C29H31ClN2O3. The van der Waals surface area contributed by atoms with Crippen LogP contribution < -0.4 is 5.32 Å². The lowest BCUT2D eigenvalue weighted by Gasteiger charge is -2.49. The average molecular weight is 491 g/mol. The van der Waals surface area contributed by atoms with Gasteiger partial charge in [-0.1, -0.05) is 85.1 Å². The predicted molar refractivity (Wildman–Crippen MR) is 137 cm³/mol. The molecular weight excluding hydrogens is 460 g/mol. The minimum atomic E-state index is -0.605. The van der Waals surface area contributed by atoms with Crippen molar-refractivity contribution in [2.75, 3.05) is 6.54 Å².